The van der Waals surface area contributed by atoms with Crippen LogP contribution in [-0.4, -0.2) is 35.1 Å². The molecule has 0 aromatic heterocycles. The van der Waals surface area contributed by atoms with Crippen LogP contribution in [0.5, 0.6) is 0 Å². The summed E-state index contributed by atoms with van der Waals surface area (Å²) in [7, 11) is 0. The number of aliphatic hydroxyl groups excluding tert-OH is 1. The number of carbonyl (C=O) groups excluding carboxylic acids is 3. The van der Waals surface area contributed by atoms with E-state index in [0.717, 1.165) is 49.7 Å². The lowest BCUT2D eigenvalue weighted by Gasteiger charge is -2.72. The van der Waals surface area contributed by atoms with Crippen LogP contribution in [-0.2, 0) is 14.3 Å². The normalized spacial score (nSPS) is 38.9. The average Bonchev–Trinajstić information content (AvgIpc) is 3.37. The first-order valence-electron chi connectivity index (χ1n) is 18.5. The van der Waals surface area contributed by atoms with Gasteiger partial charge in [-0.05, 0) is 165 Å². The zero-order chi connectivity index (χ0) is 36.4. The zero-order valence-electron chi connectivity index (χ0n) is 31.4. The zero-order valence-corrected chi connectivity index (χ0v) is 31.4. The first-order valence-corrected chi connectivity index (χ1v) is 18.5. The molecule has 0 bridgehead atoms. The number of rotatable bonds is 4. The van der Waals surface area contributed by atoms with Crippen molar-refractivity contribution in [3.63, 3.8) is 0 Å². The van der Waals surface area contributed by atoms with Crippen molar-refractivity contribution in [1.29, 1.82) is 0 Å². The van der Waals surface area contributed by atoms with Gasteiger partial charge in [-0.2, -0.15) is 9.59 Å². The van der Waals surface area contributed by atoms with Crippen molar-refractivity contribution in [2.75, 3.05) is 6.61 Å². The van der Waals surface area contributed by atoms with Gasteiger partial charge in [-0.1, -0.05) is 59.4 Å². The van der Waals surface area contributed by atoms with E-state index in [0.29, 0.717) is 23.3 Å². The van der Waals surface area contributed by atoms with Crippen LogP contribution in [0, 0.1) is 64.0 Å². The first-order chi connectivity index (χ1) is 22.7. The van der Waals surface area contributed by atoms with Gasteiger partial charge in [-0.3, -0.25) is 0 Å². The molecule has 0 radical (unpaired) electrons. The van der Waals surface area contributed by atoms with Gasteiger partial charge in [0, 0.05) is 5.54 Å². The van der Waals surface area contributed by atoms with E-state index in [9.17, 15) is 14.3 Å². The lowest BCUT2D eigenvalue weighted by Crippen LogP contribution is -2.68. The molecule has 270 valence electrons. The quantitative estimate of drug-likeness (QED) is 0.310. The third-order valence-electron chi connectivity index (χ3n) is 15.0. The minimum absolute atomic E-state index is 0.00138. The SMILES string of the molecule is C=C(CO)[C@@H]1CC[C@]2(NC(=O)OC(C)(C)C)CC[C@]3(C)[C@H](CC[C@@H]4[C@@]5(C)CC=C(c6ccc(C)c(F)c6)C(C)(C)[C@@H]5CC[C@]43C)[C@@H]12.O=C=O. The van der Waals surface area contributed by atoms with Crippen LogP contribution in [0.15, 0.2) is 36.4 Å². The van der Waals surface area contributed by atoms with Crippen LogP contribution in [0.3, 0.4) is 0 Å². The van der Waals surface area contributed by atoms with Gasteiger partial charge < -0.3 is 15.2 Å². The van der Waals surface area contributed by atoms with Crippen molar-refractivity contribution < 1.29 is 28.6 Å². The van der Waals surface area contributed by atoms with E-state index < -0.39 is 5.60 Å². The maximum Gasteiger partial charge on any atom is 0.408 e. The van der Waals surface area contributed by atoms with Crippen LogP contribution in [0.4, 0.5) is 9.18 Å². The maximum atomic E-state index is 14.8. The molecule has 0 spiro atoms. The molecular weight excluding hydrogens is 617 g/mol. The summed E-state index contributed by atoms with van der Waals surface area (Å²) in [6.45, 7) is 24.6. The van der Waals surface area contributed by atoms with E-state index in [-0.39, 0.29) is 63.7 Å². The highest BCUT2D eigenvalue weighted by Crippen LogP contribution is 2.76. The second-order valence-electron chi connectivity index (χ2n) is 18.5. The molecule has 4 fully saturated rings. The fourth-order valence-corrected chi connectivity index (χ4v) is 12.8. The van der Waals surface area contributed by atoms with E-state index in [1.807, 2.05) is 33.8 Å². The van der Waals surface area contributed by atoms with E-state index in [1.54, 1.807) is 6.07 Å². The second-order valence-corrected chi connectivity index (χ2v) is 18.5. The summed E-state index contributed by atoms with van der Waals surface area (Å²) in [6, 6.07) is 5.80. The predicted molar refractivity (Wildman–Crippen MR) is 190 cm³/mol. The number of carbonyl (C=O) groups is 1. The Bertz CT molecular complexity index is 1540. The molecule has 1 amide bonds. The third kappa shape index (κ3) is 5.95. The molecule has 9 atom stereocenters. The molecule has 4 saturated carbocycles. The predicted octanol–water partition coefficient (Wildman–Crippen LogP) is 9.45. The third-order valence-corrected chi connectivity index (χ3v) is 15.0. The Morgan fingerprint density at radius 2 is 1.67 bits per heavy atom. The fourth-order valence-electron chi connectivity index (χ4n) is 12.8. The summed E-state index contributed by atoms with van der Waals surface area (Å²) in [5.74, 6) is 1.87. The van der Waals surface area contributed by atoms with E-state index in [2.05, 4.69) is 58.7 Å². The summed E-state index contributed by atoms with van der Waals surface area (Å²) >= 11 is 0. The van der Waals surface area contributed by atoms with E-state index in [1.165, 1.54) is 24.8 Å². The van der Waals surface area contributed by atoms with Crippen molar-refractivity contribution >= 4 is 17.8 Å². The van der Waals surface area contributed by atoms with E-state index in [4.69, 9.17) is 14.3 Å². The molecule has 2 N–H and O–H groups in total. The molecule has 1 aromatic rings. The second kappa shape index (κ2) is 12.8. The van der Waals surface area contributed by atoms with Crippen LogP contribution in [0.1, 0.15) is 124 Å². The number of aliphatic hydroxyl groups is 1. The van der Waals surface area contributed by atoms with E-state index >= 15 is 0 Å². The molecule has 0 saturated heterocycles. The Hall–Kier alpha value is -2.76. The Morgan fingerprint density at radius 1 is 1.00 bits per heavy atom. The monoisotopic (exact) mass is 677 g/mol. The van der Waals surface area contributed by atoms with Gasteiger partial charge in [-0.15, -0.1) is 0 Å². The summed E-state index contributed by atoms with van der Waals surface area (Å²) in [5, 5.41) is 13.8. The minimum Gasteiger partial charge on any atom is -0.444 e. The lowest BCUT2D eigenvalue weighted by atomic mass is 9.33. The molecule has 0 heterocycles. The molecule has 49 heavy (non-hydrogen) atoms. The number of hydrogen-bond donors (Lipinski definition) is 2. The number of allylic oxidation sites excluding steroid dienone is 2. The topological polar surface area (TPSA) is 92.7 Å². The number of halogens is 1. The van der Waals surface area contributed by atoms with Crippen LogP contribution >= 0.6 is 0 Å². The summed E-state index contributed by atoms with van der Waals surface area (Å²) in [5.41, 5.74) is 3.46. The van der Waals surface area contributed by atoms with Crippen molar-refractivity contribution in [3.8, 4) is 0 Å². The van der Waals surface area contributed by atoms with Gasteiger partial charge in [-0.25, -0.2) is 9.18 Å². The summed E-state index contributed by atoms with van der Waals surface area (Å²) < 4.78 is 20.6. The Labute approximate surface area is 293 Å². The molecule has 5 aliphatic carbocycles. The maximum absolute atomic E-state index is 14.8. The number of nitrogens with one attached hydrogen (secondary N) is 1. The number of hydrogen-bond acceptors (Lipinski definition) is 5. The molecule has 1 aromatic carbocycles. The number of ether oxygens (including phenoxy) is 1. The highest BCUT2D eigenvalue weighted by atomic mass is 19.1. The van der Waals surface area contributed by atoms with Crippen LogP contribution < -0.4 is 5.32 Å². The summed E-state index contributed by atoms with van der Waals surface area (Å²) in [4.78, 5) is 29.6. The van der Waals surface area contributed by atoms with Gasteiger partial charge in [0.2, 0.25) is 0 Å². The average molecular weight is 678 g/mol. The fraction of sp³-hybridized carbons (Fsp3) is 0.714. The Morgan fingerprint density at radius 3 is 2.29 bits per heavy atom. The van der Waals surface area contributed by atoms with Crippen molar-refractivity contribution in [3.05, 3.63) is 53.4 Å². The van der Waals surface area contributed by atoms with Crippen molar-refractivity contribution in [1.82, 2.24) is 5.32 Å². The molecule has 5 aliphatic rings. The molecule has 6 rings (SSSR count). The van der Waals surface area contributed by atoms with Crippen LogP contribution in [0.25, 0.3) is 5.57 Å². The minimum atomic E-state index is -0.554. The first kappa shape index (κ1) is 37.5. The number of aryl methyl sites for hydroxylation is 1. The number of benzene rings is 1. The number of alkyl carbamates (subject to hydrolysis) is 1. The van der Waals surface area contributed by atoms with Crippen molar-refractivity contribution in [2.45, 2.75) is 131 Å². The number of amides is 1. The molecule has 0 aliphatic heterocycles. The largest absolute Gasteiger partial charge is 0.444 e. The molecular formula is C42H60FNO5. The standard InChI is InChI=1S/C41H60FNO3.CO2/c1-25-11-12-27(23-31(25)42)29-16-18-38(8)32(37(29,6)7)17-19-40(10)33(38)14-13-30-34-28(26(2)24-44)15-20-41(34,22-21-39(30,40)9)43-35(45)46-36(3,4)5;2-1-3/h11-12,16,23,28,30,32-34,44H,2,13-15,17-22,24H2,1,3-10H3,(H,43,45);/t28-,30+,32-,33+,34+,38-,39+,40+,41-;/m0./s1. The Balaban J connectivity index is 0.00000151. The van der Waals surface area contributed by atoms with Crippen LogP contribution in [0.2, 0.25) is 0 Å². The highest BCUT2D eigenvalue weighted by molar-refractivity contribution is 5.72. The smallest absolute Gasteiger partial charge is 0.408 e. The molecule has 0 unspecified atom stereocenters. The molecule has 7 heteroatoms. The van der Waals surface area contributed by atoms with Crippen molar-refractivity contribution in [2.24, 2.45) is 51.2 Å². The van der Waals surface area contributed by atoms with Gasteiger partial charge in [0.1, 0.15) is 11.4 Å². The van der Waals surface area contributed by atoms with Gasteiger partial charge in [0.05, 0.1) is 6.61 Å². The lowest BCUT2D eigenvalue weighted by molar-refractivity contribution is -0.219. The van der Waals surface area contributed by atoms with Gasteiger partial charge in [0.25, 0.3) is 0 Å². The molecule has 6 nitrogen and oxygen atoms in total. The summed E-state index contributed by atoms with van der Waals surface area (Å²) in [6.07, 6.45) is 12.0. The highest BCUT2D eigenvalue weighted by Gasteiger charge is 2.70. The number of fused-ring (bicyclic) bond motifs is 7. The van der Waals surface area contributed by atoms with Gasteiger partial charge in [0.15, 0.2) is 0 Å². The Kier molecular flexibility index (Phi) is 9.78. The van der Waals surface area contributed by atoms with Gasteiger partial charge >= 0.3 is 12.2 Å².